The molecule has 1 unspecified atom stereocenters. The minimum atomic E-state index is -4.27. The van der Waals surface area contributed by atoms with Crippen molar-refractivity contribution in [2.45, 2.75) is 63.4 Å². The van der Waals surface area contributed by atoms with E-state index < -0.39 is 62.6 Å². The number of aromatic nitrogens is 2. The normalized spacial score (nSPS) is 24.9. The molecule has 5 atom stereocenters. The van der Waals surface area contributed by atoms with Gasteiger partial charge < -0.3 is 29.2 Å². The third kappa shape index (κ3) is 7.10. The van der Waals surface area contributed by atoms with Crippen LogP contribution in [0.15, 0.2) is 47.4 Å². The molecule has 16 heteroatoms. The van der Waals surface area contributed by atoms with E-state index in [4.69, 9.17) is 23.3 Å². The van der Waals surface area contributed by atoms with Crippen LogP contribution in [0, 0.1) is 0 Å². The van der Waals surface area contributed by atoms with Crippen molar-refractivity contribution in [1.29, 1.82) is 0 Å². The molecule has 3 heterocycles. The lowest BCUT2D eigenvalue weighted by atomic mass is 10.1. The second-order valence-corrected chi connectivity index (χ2v) is 10.9. The SMILES string of the molecule is CCCC(=O)Nc1ccn([C@@H]2O[C@H](COP(=O)(N[C@@H](C)C3OCCO3)Oc3ccccc3)[C@@H](O)C2(F)F)c(=O)n1. The van der Waals surface area contributed by atoms with Gasteiger partial charge in [-0.05, 0) is 31.5 Å². The lowest BCUT2D eigenvalue weighted by Gasteiger charge is -2.27. The maximum Gasteiger partial charge on any atom is 0.459 e. The summed E-state index contributed by atoms with van der Waals surface area (Å²) in [6, 6.07) is 8.48. The number of hydrogen-bond acceptors (Lipinski definition) is 10. The molecule has 0 saturated carbocycles. The number of alkyl halides is 2. The van der Waals surface area contributed by atoms with Gasteiger partial charge in [-0.15, -0.1) is 0 Å². The van der Waals surface area contributed by atoms with Crippen molar-refractivity contribution in [2.75, 3.05) is 25.1 Å². The van der Waals surface area contributed by atoms with Gasteiger partial charge in [0.05, 0.1) is 25.9 Å². The van der Waals surface area contributed by atoms with Gasteiger partial charge in [-0.1, -0.05) is 25.1 Å². The van der Waals surface area contributed by atoms with Crippen LogP contribution in [0.25, 0.3) is 0 Å². The topological polar surface area (TPSA) is 159 Å². The number of aliphatic hydroxyl groups excluding tert-OH is 1. The molecule has 1 aromatic heterocycles. The summed E-state index contributed by atoms with van der Waals surface area (Å²) < 4.78 is 71.5. The zero-order valence-corrected chi connectivity index (χ0v) is 22.7. The van der Waals surface area contributed by atoms with Gasteiger partial charge in [0.15, 0.2) is 12.4 Å². The smallest absolute Gasteiger partial charge is 0.413 e. The van der Waals surface area contributed by atoms with Crippen molar-refractivity contribution in [2.24, 2.45) is 0 Å². The Morgan fingerprint density at radius 1 is 1.27 bits per heavy atom. The Morgan fingerprint density at radius 2 is 1.98 bits per heavy atom. The van der Waals surface area contributed by atoms with Gasteiger partial charge >= 0.3 is 19.4 Å². The standard InChI is InChI=1S/C24H31F2N4O9P/c1-3-7-19(31)27-18-10-11-30(23(33)28-18)22-24(25,26)20(32)17(38-22)14-37-40(34,39-16-8-5-4-6-9-16)29-15(2)21-35-12-13-36-21/h4-6,8-11,15,17,20-22,32H,3,7,12-14H2,1-2H3,(H,29,34)(H,27,28,31,33)/t15-,17+,20+,22+,40?/m0/s1. The number of nitrogens with one attached hydrogen (secondary N) is 2. The number of ether oxygens (including phenoxy) is 3. The van der Waals surface area contributed by atoms with Crippen LogP contribution in [-0.4, -0.2) is 70.8 Å². The van der Waals surface area contributed by atoms with Crippen LogP contribution in [0.3, 0.4) is 0 Å². The molecule has 2 aliphatic heterocycles. The predicted molar refractivity (Wildman–Crippen MR) is 136 cm³/mol. The highest BCUT2D eigenvalue weighted by Crippen LogP contribution is 2.48. The first-order valence-corrected chi connectivity index (χ1v) is 14.2. The Labute approximate surface area is 228 Å². The lowest BCUT2D eigenvalue weighted by Crippen LogP contribution is -2.42. The van der Waals surface area contributed by atoms with Crippen molar-refractivity contribution in [3.8, 4) is 5.75 Å². The Bertz CT molecular complexity index is 1260. The minimum Gasteiger partial charge on any atom is -0.413 e. The molecule has 0 spiro atoms. The van der Waals surface area contributed by atoms with Crippen LogP contribution in [0.1, 0.15) is 32.9 Å². The van der Waals surface area contributed by atoms with E-state index >= 15 is 8.78 Å². The molecule has 1 aromatic carbocycles. The van der Waals surface area contributed by atoms with Gasteiger partial charge in [0, 0.05) is 12.6 Å². The number of carbonyl (C=O) groups is 1. The third-order valence-corrected chi connectivity index (χ3v) is 7.67. The molecule has 220 valence electrons. The van der Waals surface area contributed by atoms with E-state index in [0.717, 1.165) is 12.3 Å². The van der Waals surface area contributed by atoms with Crippen molar-refractivity contribution < 1.29 is 46.5 Å². The molecule has 2 saturated heterocycles. The van der Waals surface area contributed by atoms with Crippen LogP contribution in [-0.2, 0) is 28.1 Å². The number of benzene rings is 1. The summed E-state index contributed by atoms with van der Waals surface area (Å²) in [6.07, 6.45) is -5.43. The summed E-state index contributed by atoms with van der Waals surface area (Å²) >= 11 is 0. The molecule has 3 N–H and O–H groups in total. The number of nitrogens with zero attached hydrogens (tertiary/aromatic N) is 2. The largest absolute Gasteiger partial charge is 0.459 e. The monoisotopic (exact) mass is 588 g/mol. The first-order chi connectivity index (χ1) is 19.0. The molecule has 13 nitrogen and oxygen atoms in total. The van der Waals surface area contributed by atoms with Gasteiger partial charge in [0.2, 0.25) is 12.1 Å². The Morgan fingerprint density at radius 3 is 2.62 bits per heavy atom. The van der Waals surface area contributed by atoms with Gasteiger partial charge in [-0.2, -0.15) is 13.8 Å². The fourth-order valence-electron chi connectivity index (χ4n) is 4.06. The van der Waals surface area contributed by atoms with Crippen molar-refractivity contribution in [3.63, 3.8) is 0 Å². The maximum atomic E-state index is 15.1. The quantitative estimate of drug-likeness (QED) is 0.313. The van der Waals surface area contributed by atoms with Crippen LogP contribution in [0.5, 0.6) is 5.75 Å². The Kier molecular flexibility index (Phi) is 9.67. The molecule has 0 bridgehead atoms. The molecular weight excluding hydrogens is 557 g/mol. The minimum absolute atomic E-state index is 0.115. The van der Waals surface area contributed by atoms with Crippen LogP contribution >= 0.6 is 7.75 Å². The first-order valence-electron chi connectivity index (χ1n) is 12.6. The molecule has 2 aliphatic rings. The van der Waals surface area contributed by atoms with E-state index in [1.165, 1.54) is 12.1 Å². The summed E-state index contributed by atoms with van der Waals surface area (Å²) in [5.74, 6) is -4.30. The van der Waals surface area contributed by atoms with Gasteiger partial charge in [-0.25, -0.2) is 14.4 Å². The first kappa shape index (κ1) is 30.2. The van der Waals surface area contributed by atoms with E-state index in [1.807, 2.05) is 0 Å². The number of aliphatic hydroxyl groups is 1. The lowest BCUT2D eigenvalue weighted by molar-refractivity contribution is -0.140. The second-order valence-electron chi connectivity index (χ2n) is 9.17. The molecular formula is C24H31F2N4O9P. The number of anilines is 1. The number of para-hydroxylation sites is 1. The maximum absolute atomic E-state index is 15.1. The molecule has 40 heavy (non-hydrogen) atoms. The van der Waals surface area contributed by atoms with Crippen molar-refractivity contribution >= 4 is 19.5 Å². The third-order valence-electron chi connectivity index (χ3n) is 6.00. The average molecular weight is 589 g/mol. The average Bonchev–Trinajstić information content (AvgIpc) is 3.52. The van der Waals surface area contributed by atoms with E-state index in [9.17, 15) is 19.3 Å². The summed E-state index contributed by atoms with van der Waals surface area (Å²) in [4.78, 5) is 27.9. The molecule has 2 fully saturated rings. The molecule has 2 aromatic rings. The number of halogens is 2. The van der Waals surface area contributed by atoms with Gasteiger partial charge in [0.1, 0.15) is 17.7 Å². The zero-order valence-electron chi connectivity index (χ0n) is 21.8. The molecule has 1 amide bonds. The fourth-order valence-corrected chi connectivity index (χ4v) is 5.60. The highest BCUT2D eigenvalue weighted by atomic mass is 31.2. The number of carbonyl (C=O) groups excluding carboxylic acids is 1. The summed E-state index contributed by atoms with van der Waals surface area (Å²) in [7, 11) is -4.27. The van der Waals surface area contributed by atoms with Crippen molar-refractivity contribution in [3.05, 3.63) is 53.1 Å². The Hall–Kier alpha value is -2.78. The van der Waals surface area contributed by atoms with E-state index in [0.29, 0.717) is 24.2 Å². The summed E-state index contributed by atoms with van der Waals surface area (Å²) in [5.41, 5.74) is -1.14. The second kappa shape index (κ2) is 12.8. The Balaban J connectivity index is 1.48. The van der Waals surface area contributed by atoms with Gasteiger partial charge in [-0.3, -0.25) is 13.9 Å². The molecule has 0 radical (unpaired) electrons. The summed E-state index contributed by atoms with van der Waals surface area (Å²) in [5, 5.41) is 15.4. The van der Waals surface area contributed by atoms with Crippen LogP contribution in [0.4, 0.5) is 14.6 Å². The number of hydrogen-bond donors (Lipinski definition) is 3. The molecule has 0 aliphatic carbocycles. The van der Waals surface area contributed by atoms with Gasteiger partial charge in [0.25, 0.3) is 0 Å². The number of rotatable bonds is 12. The fraction of sp³-hybridized carbons (Fsp3) is 0.542. The van der Waals surface area contributed by atoms with Crippen molar-refractivity contribution in [1.82, 2.24) is 14.6 Å². The summed E-state index contributed by atoms with van der Waals surface area (Å²) in [6.45, 7) is 3.27. The van der Waals surface area contributed by atoms with Crippen LogP contribution < -0.4 is 20.6 Å². The van der Waals surface area contributed by atoms with E-state index in [2.05, 4.69) is 15.4 Å². The zero-order chi connectivity index (χ0) is 28.9. The highest BCUT2D eigenvalue weighted by molar-refractivity contribution is 7.52. The van der Waals surface area contributed by atoms with Crippen LogP contribution in [0.2, 0.25) is 0 Å². The predicted octanol–water partition coefficient (Wildman–Crippen LogP) is 2.43. The number of amides is 1. The molecule has 4 rings (SSSR count). The van der Waals surface area contributed by atoms with E-state index in [1.54, 1.807) is 32.0 Å². The highest BCUT2D eigenvalue weighted by Gasteiger charge is 2.60. The van der Waals surface area contributed by atoms with E-state index in [-0.39, 0.29) is 18.0 Å².